The maximum atomic E-state index is 12.7. The number of carbonyl (C=O) groups excluding carboxylic acids is 2. The van der Waals surface area contributed by atoms with Gasteiger partial charge in [-0.15, -0.1) is 0 Å². The third kappa shape index (κ3) is 3.33. The Hall–Kier alpha value is -1.99. The number of rotatable bonds is 3. The van der Waals surface area contributed by atoms with E-state index >= 15 is 0 Å². The van der Waals surface area contributed by atoms with E-state index in [1.54, 1.807) is 12.4 Å². The topological polar surface area (TPSA) is 88.8 Å². The summed E-state index contributed by atoms with van der Waals surface area (Å²) in [5.74, 6) is -1.20. The zero-order chi connectivity index (χ0) is 18.8. The third-order valence-electron chi connectivity index (χ3n) is 6.05. The molecule has 0 aromatic carbocycles. The summed E-state index contributed by atoms with van der Waals surface area (Å²) in [4.78, 5) is 32.7. The van der Waals surface area contributed by atoms with Gasteiger partial charge in [-0.2, -0.15) is 0 Å². The second-order valence-corrected chi connectivity index (χ2v) is 7.51. The van der Waals surface area contributed by atoms with Gasteiger partial charge in [-0.1, -0.05) is 12.8 Å². The number of carbonyl (C=O) groups is 2. The normalized spacial score (nSPS) is 30.0. The lowest BCUT2D eigenvalue weighted by molar-refractivity contribution is -0.169. The van der Waals surface area contributed by atoms with Crippen LogP contribution in [0.4, 0.5) is 5.69 Å². The Labute approximate surface area is 154 Å². The van der Waals surface area contributed by atoms with Gasteiger partial charge in [-0.3, -0.25) is 14.7 Å². The Morgan fingerprint density at radius 2 is 1.73 bits per heavy atom. The Morgan fingerprint density at radius 1 is 1.12 bits per heavy atom. The van der Waals surface area contributed by atoms with E-state index in [0.29, 0.717) is 6.42 Å². The Balaban J connectivity index is 1.75. The summed E-state index contributed by atoms with van der Waals surface area (Å²) in [6.45, 7) is 6.63. The first-order valence-electron chi connectivity index (χ1n) is 9.28. The molecule has 1 aliphatic carbocycles. The van der Waals surface area contributed by atoms with Crippen molar-refractivity contribution in [3.05, 3.63) is 24.5 Å². The minimum absolute atomic E-state index is 0.512. The van der Waals surface area contributed by atoms with Crippen molar-refractivity contribution in [1.82, 2.24) is 9.88 Å². The number of ether oxygens (including phenoxy) is 1. The third-order valence-corrected chi connectivity index (χ3v) is 6.05. The fraction of sp³-hybridized carbons (Fsp3) is 0.632. The minimum atomic E-state index is -1.16. The summed E-state index contributed by atoms with van der Waals surface area (Å²) in [5.41, 5.74) is 6.10. The standard InChI is InChI=1S/C19H28N4O3/c1-15(24)26-17(25)19(20)8-4-3-7-18(19,2)23-13-11-22(12-14-23)16-5-9-21-10-6-16/h5-6,9-10H,3-4,7-8,11-14,20H2,1-2H3. The second-order valence-electron chi connectivity index (χ2n) is 7.51. The maximum absolute atomic E-state index is 12.7. The van der Waals surface area contributed by atoms with Crippen LogP contribution in [0.5, 0.6) is 0 Å². The predicted octanol–water partition coefficient (Wildman–Crippen LogP) is 1.32. The van der Waals surface area contributed by atoms with Crippen molar-refractivity contribution >= 4 is 17.6 Å². The molecule has 2 unspecified atom stereocenters. The second kappa shape index (κ2) is 7.32. The molecule has 1 aromatic heterocycles. The number of aromatic nitrogens is 1. The number of esters is 2. The maximum Gasteiger partial charge on any atom is 0.335 e. The monoisotopic (exact) mass is 360 g/mol. The van der Waals surface area contributed by atoms with E-state index in [1.165, 1.54) is 6.92 Å². The summed E-state index contributed by atoms with van der Waals surface area (Å²) < 4.78 is 4.92. The molecule has 0 radical (unpaired) electrons. The highest BCUT2D eigenvalue weighted by molar-refractivity contribution is 5.91. The number of nitrogens with zero attached hydrogens (tertiary/aromatic N) is 3. The fourth-order valence-corrected chi connectivity index (χ4v) is 4.36. The summed E-state index contributed by atoms with van der Waals surface area (Å²) in [7, 11) is 0. The van der Waals surface area contributed by atoms with Crippen LogP contribution >= 0.6 is 0 Å². The molecule has 1 saturated heterocycles. The summed E-state index contributed by atoms with van der Waals surface area (Å²) in [6, 6.07) is 4.02. The molecule has 26 heavy (non-hydrogen) atoms. The summed E-state index contributed by atoms with van der Waals surface area (Å²) in [6.07, 6.45) is 6.86. The smallest absolute Gasteiger partial charge is 0.335 e. The van der Waals surface area contributed by atoms with Crippen LogP contribution in [-0.2, 0) is 14.3 Å². The lowest BCUT2D eigenvalue weighted by Gasteiger charge is -2.55. The van der Waals surface area contributed by atoms with Crippen molar-refractivity contribution in [3.63, 3.8) is 0 Å². The van der Waals surface area contributed by atoms with Crippen LogP contribution < -0.4 is 10.6 Å². The molecular formula is C19H28N4O3. The number of anilines is 1. The van der Waals surface area contributed by atoms with Crippen molar-refractivity contribution in [1.29, 1.82) is 0 Å². The van der Waals surface area contributed by atoms with Crippen LogP contribution in [-0.4, -0.2) is 59.1 Å². The van der Waals surface area contributed by atoms with Gasteiger partial charge in [0, 0.05) is 56.7 Å². The molecule has 0 bridgehead atoms. The molecular weight excluding hydrogens is 332 g/mol. The van der Waals surface area contributed by atoms with Crippen molar-refractivity contribution in [2.45, 2.75) is 50.6 Å². The molecule has 1 saturated carbocycles. The molecule has 7 heteroatoms. The van der Waals surface area contributed by atoms with E-state index in [1.807, 2.05) is 12.1 Å². The Morgan fingerprint density at radius 3 is 2.35 bits per heavy atom. The largest absolute Gasteiger partial charge is 0.392 e. The van der Waals surface area contributed by atoms with Gasteiger partial charge in [0.2, 0.25) is 0 Å². The molecule has 2 fully saturated rings. The molecule has 0 amide bonds. The molecule has 2 heterocycles. The van der Waals surface area contributed by atoms with E-state index in [9.17, 15) is 9.59 Å². The minimum Gasteiger partial charge on any atom is -0.392 e. The molecule has 2 N–H and O–H groups in total. The van der Waals surface area contributed by atoms with Gasteiger partial charge in [-0.05, 0) is 31.9 Å². The lowest BCUT2D eigenvalue weighted by atomic mass is 9.67. The first-order chi connectivity index (χ1) is 12.4. The molecule has 7 nitrogen and oxygen atoms in total. The molecule has 2 aliphatic rings. The van der Waals surface area contributed by atoms with Gasteiger partial charge < -0.3 is 15.4 Å². The molecule has 1 aromatic rings. The predicted molar refractivity (Wildman–Crippen MR) is 98.6 cm³/mol. The SMILES string of the molecule is CC(=O)OC(=O)C1(N)CCCCC1(C)N1CCN(c2ccncc2)CC1. The highest BCUT2D eigenvalue weighted by atomic mass is 16.6. The van der Waals surface area contributed by atoms with Gasteiger partial charge in [0.15, 0.2) is 0 Å². The van der Waals surface area contributed by atoms with Gasteiger partial charge in [0.05, 0.1) is 0 Å². The quantitative estimate of drug-likeness (QED) is 0.642. The van der Waals surface area contributed by atoms with Crippen LogP contribution in [0.3, 0.4) is 0 Å². The fourth-order valence-electron chi connectivity index (χ4n) is 4.36. The average Bonchev–Trinajstić information content (AvgIpc) is 2.64. The lowest BCUT2D eigenvalue weighted by Crippen LogP contribution is -2.74. The van der Waals surface area contributed by atoms with E-state index < -0.39 is 23.0 Å². The number of piperazine rings is 1. The van der Waals surface area contributed by atoms with Gasteiger partial charge >= 0.3 is 11.9 Å². The molecule has 2 atom stereocenters. The van der Waals surface area contributed by atoms with Gasteiger partial charge in [-0.25, -0.2) is 4.79 Å². The number of nitrogens with two attached hydrogens (primary N) is 1. The number of pyridine rings is 1. The molecule has 0 spiro atoms. The highest BCUT2D eigenvalue weighted by Gasteiger charge is 2.56. The van der Waals surface area contributed by atoms with Crippen LogP contribution in [0.2, 0.25) is 0 Å². The number of hydrogen-bond acceptors (Lipinski definition) is 7. The van der Waals surface area contributed by atoms with Crippen molar-refractivity contribution in [3.8, 4) is 0 Å². The van der Waals surface area contributed by atoms with Crippen LogP contribution in [0.15, 0.2) is 24.5 Å². The number of hydrogen-bond donors (Lipinski definition) is 1. The molecule has 3 rings (SSSR count). The van der Waals surface area contributed by atoms with E-state index in [0.717, 1.165) is 51.1 Å². The van der Waals surface area contributed by atoms with Crippen molar-refractivity contribution in [2.75, 3.05) is 31.1 Å². The molecule has 142 valence electrons. The van der Waals surface area contributed by atoms with Gasteiger partial charge in [0.25, 0.3) is 0 Å². The van der Waals surface area contributed by atoms with Crippen LogP contribution in [0, 0.1) is 0 Å². The van der Waals surface area contributed by atoms with Crippen LogP contribution in [0.25, 0.3) is 0 Å². The first-order valence-corrected chi connectivity index (χ1v) is 9.28. The zero-order valence-corrected chi connectivity index (χ0v) is 15.6. The summed E-state index contributed by atoms with van der Waals surface area (Å²) >= 11 is 0. The first kappa shape index (κ1) is 18.8. The summed E-state index contributed by atoms with van der Waals surface area (Å²) in [5, 5.41) is 0. The Bertz CT molecular complexity index is 660. The van der Waals surface area contributed by atoms with Crippen molar-refractivity contribution in [2.24, 2.45) is 5.73 Å². The zero-order valence-electron chi connectivity index (χ0n) is 15.6. The van der Waals surface area contributed by atoms with Crippen molar-refractivity contribution < 1.29 is 14.3 Å². The molecule has 1 aliphatic heterocycles. The van der Waals surface area contributed by atoms with E-state index in [4.69, 9.17) is 10.5 Å². The van der Waals surface area contributed by atoms with E-state index in [2.05, 4.69) is 21.7 Å². The highest BCUT2D eigenvalue weighted by Crippen LogP contribution is 2.41. The average molecular weight is 360 g/mol. The van der Waals surface area contributed by atoms with Crippen LogP contribution in [0.1, 0.15) is 39.5 Å². The van der Waals surface area contributed by atoms with Gasteiger partial charge in [0.1, 0.15) is 5.54 Å². The Kier molecular flexibility index (Phi) is 5.29. The van der Waals surface area contributed by atoms with E-state index in [-0.39, 0.29) is 0 Å².